The van der Waals surface area contributed by atoms with E-state index in [0.29, 0.717) is 30.8 Å². The maximum atomic E-state index is 12.7. The van der Waals surface area contributed by atoms with Crippen molar-refractivity contribution in [2.24, 2.45) is 0 Å². The predicted octanol–water partition coefficient (Wildman–Crippen LogP) is 1.96. The van der Waals surface area contributed by atoms with Gasteiger partial charge in [-0.25, -0.2) is 12.7 Å². The minimum atomic E-state index is -3.66. The van der Waals surface area contributed by atoms with Gasteiger partial charge in [-0.1, -0.05) is 18.2 Å². The van der Waals surface area contributed by atoms with Crippen molar-refractivity contribution in [2.45, 2.75) is 11.3 Å². The van der Waals surface area contributed by atoms with Crippen molar-refractivity contribution in [1.82, 2.24) is 9.62 Å². The largest absolute Gasteiger partial charge is 0.385 e. The molecular formula is C20H25N3O5S. The number of carbonyl (C=O) groups is 2. The Kier molecular flexibility index (Phi) is 7.89. The predicted molar refractivity (Wildman–Crippen MR) is 111 cm³/mol. The summed E-state index contributed by atoms with van der Waals surface area (Å²) >= 11 is 0. The van der Waals surface area contributed by atoms with Crippen LogP contribution in [0.15, 0.2) is 53.4 Å². The van der Waals surface area contributed by atoms with Gasteiger partial charge >= 0.3 is 0 Å². The molecule has 0 heterocycles. The van der Waals surface area contributed by atoms with E-state index in [1.54, 1.807) is 31.4 Å². The van der Waals surface area contributed by atoms with Crippen LogP contribution in [0.4, 0.5) is 5.69 Å². The van der Waals surface area contributed by atoms with E-state index in [-0.39, 0.29) is 16.4 Å². The molecule has 2 rings (SSSR count). The number of amides is 2. The van der Waals surface area contributed by atoms with Crippen molar-refractivity contribution in [3.8, 4) is 0 Å². The lowest BCUT2D eigenvalue weighted by Gasteiger charge is -2.13. The van der Waals surface area contributed by atoms with Crippen LogP contribution in [-0.2, 0) is 14.8 Å². The molecule has 2 amide bonds. The number of benzene rings is 2. The van der Waals surface area contributed by atoms with Crippen molar-refractivity contribution in [1.29, 1.82) is 0 Å². The summed E-state index contributed by atoms with van der Waals surface area (Å²) in [6.45, 7) is 0.976. The summed E-state index contributed by atoms with van der Waals surface area (Å²) < 4.78 is 30.6. The number of rotatable bonds is 9. The van der Waals surface area contributed by atoms with Crippen LogP contribution in [0, 0.1) is 0 Å². The molecule has 0 fully saturated rings. The smallest absolute Gasteiger partial charge is 0.255 e. The highest BCUT2D eigenvalue weighted by Gasteiger charge is 2.19. The maximum absolute atomic E-state index is 12.7. The summed E-state index contributed by atoms with van der Waals surface area (Å²) in [5.41, 5.74) is 0.821. The highest BCUT2D eigenvalue weighted by Crippen LogP contribution is 2.19. The molecule has 8 nitrogen and oxygen atoms in total. The van der Waals surface area contributed by atoms with E-state index in [4.69, 9.17) is 4.74 Å². The first-order valence-corrected chi connectivity index (χ1v) is 10.4. The molecule has 0 aliphatic rings. The second-order valence-corrected chi connectivity index (χ2v) is 8.57. The molecular weight excluding hydrogens is 394 g/mol. The SMILES string of the molecule is COCCCNC(=O)c1ccccc1NC(=O)c1cccc(S(=O)(=O)N(C)C)c1. The minimum Gasteiger partial charge on any atom is -0.385 e. The number of nitrogens with zero attached hydrogens (tertiary/aromatic N) is 1. The lowest BCUT2D eigenvalue weighted by atomic mass is 10.1. The maximum Gasteiger partial charge on any atom is 0.255 e. The summed E-state index contributed by atoms with van der Waals surface area (Å²) in [7, 11) is 0.766. The van der Waals surface area contributed by atoms with Gasteiger partial charge in [0.25, 0.3) is 11.8 Å². The molecule has 0 radical (unpaired) electrons. The van der Waals surface area contributed by atoms with Crippen LogP contribution in [0.1, 0.15) is 27.1 Å². The molecule has 156 valence electrons. The number of para-hydroxylation sites is 1. The number of anilines is 1. The first-order chi connectivity index (χ1) is 13.8. The van der Waals surface area contributed by atoms with Crippen molar-refractivity contribution >= 4 is 27.5 Å². The Bertz CT molecular complexity index is 974. The van der Waals surface area contributed by atoms with E-state index in [2.05, 4.69) is 10.6 Å². The van der Waals surface area contributed by atoms with Crippen molar-refractivity contribution < 1.29 is 22.7 Å². The summed E-state index contributed by atoms with van der Waals surface area (Å²) in [5, 5.41) is 5.46. The van der Waals surface area contributed by atoms with E-state index in [0.717, 1.165) is 4.31 Å². The first-order valence-electron chi connectivity index (χ1n) is 8.97. The second-order valence-electron chi connectivity index (χ2n) is 6.42. The van der Waals surface area contributed by atoms with Gasteiger partial charge in [0.2, 0.25) is 10.0 Å². The van der Waals surface area contributed by atoms with Crippen LogP contribution >= 0.6 is 0 Å². The third-order valence-corrected chi connectivity index (χ3v) is 5.92. The van der Waals surface area contributed by atoms with Crippen LogP contribution in [-0.4, -0.2) is 58.9 Å². The number of methoxy groups -OCH3 is 1. The van der Waals surface area contributed by atoms with E-state index in [1.807, 2.05) is 0 Å². The van der Waals surface area contributed by atoms with Gasteiger partial charge in [-0.05, 0) is 36.8 Å². The molecule has 0 bridgehead atoms. The lowest BCUT2D eigenvalue weighted by molar-refractivity contribution is 0.0949. The van der Waals surface area contributed by atoms with E-state index >= 15 is 0 Å². The van der Waals surface area contributed by atoms with Crippen molar-refractivity contribution in [3.05, 3.63) is 59.7 Å². The van der Waals surface area contributed by atoms with Crippen LogP contribution in [0.5, 0.6) is 0 Å². The molecule has 2 N–H and O–H groups in total. The average molecular weight is 420 g/mol. The van der Waals surface area contributed by atoms with E-state index in [1.165, 1.54) is 38.4 Å². The van der Waals surface area contributed by atoms with Gasteiger partial charge < -0.3 is 15.4 Å². The number of hydrogen-bond donors (Lipinski definition) is 2. The summed E-state index contributed by atoms with van der Waals surface area (Å²) in [6.07, 6.45) is 0.671. The number of carbonyl (C=O) groups excluding carboxylic acids is 2. The van der Waals surface area contributed by atoms with E-state index in [9.17, 15) is 18.0 Å². The molecule has 0 saturated carbocycles. The van der Waals surface area contributed by atoms with Gasteiger partial charge in [0, 0.05) is 39.9 Å². The quantitative estimate of drug-likeness (QED) is 0.605. The molecule has 0 aliphatic carbocycles. The molecule has 0 saturated heterocycles. The van der Waals surface area contributed by atoms with Gasteiger partial charge in [0.15, 0.2) is 0 Å². The van der Waals surface area contributed by atoms with Crippen LogP contribution in [0.25, 0.3) is 0 Å². The standard InChI is InChI=1S/C20H25N3O5S/c1-23(2)29(26,27)16-9-6-8-15(14-16)19(24)22-18-11-5-4-10-17(18)20(25)21-12-7-13-28-3/h4-6,8-11,14H,7,12-13H2,1-3H3,(H,21,25)(H,22,24). The zero-order valence-corrected chi connectivity index (χ0v) is 17.5. The Hall–Kier alpha value is -2.75. The zero-order valence-electron chi connectivity index (χ0n) is 16.6. The third kappa shape index (κ3) is 5.86. The molecule has 29 heavy (non-hydrogen) atoms. The monoisotopic (exact) mass is 419 g/mol. The topological polar surface area (TPSA) is 105 Å². The third-order valence-electron chi connectivity index (χ3n) is 4.11. The zero-order chi connectivity index (χ0) is 21.4. The fraction of sp³-hybridized carbons (Fsp3) is 0.300. The number of ether oxygens (including phenoxy) is 1. The molecule has 0 atom stereocenters. The summed E-state index contributed by atoms with van der Waals surface area (Å²) in [4.78, 5) is 25.1. The molecule has 2 aromatic rings. The Morgan fingerprint density at radius 1 is 1.03 bits per heavy atom. The fourth-order valence-electron chi connectivity index (χ4n) is 2.51. The summed E-state index contributed by atoms with van der Waals surface area (Å²) in [5.74, 6) is -0.832. The van der Waals surface area contributed by atoms with E-state index < -0.39 is 15.9 Å². The highest BCUT2D eigenvalue weighted by atomic mass is 32.2. The molecule has 0 spiro atoms. The minimum absolute atomic E-state index is 0.0133. The summed E-state index contributed by atoms with van der Waals surface area (Å²) in [6, 6.07) is 12.4. The average Bonchev–Trinajstić information content (AvgIpc) is 2.71. The highest BCUT2D eigenvalue weighted by molar-refractivity contribution is 7.89. The second kappa shape index (κ2) is 10.1. The number of sulfonamides is 1. The normalized spacial score (nSPS) is 11.3. The molecule has 0 aliphatic heterocycles. The van der Waals surface area contributed by atoms with Crippen molar-refractivity contribution in [3.63, 3.8) is 0 Å². The van der Waals surface area contributed by atoms with Gasteiger partial charge in [-0.15, -0.1) is 0 Å². The number of hydrogen-bond acceptors (Lipinski definition) is 5. The van der Waals surface area contributed by atoms with Gasteiger partial charge in [-0.3, -0.25) is 9.59 Å². The van der Waals surface area contributed by atoms with Gasteiger partial charge in [0.05, 0.1) is 16.1 Å². The Morgan fingerprint density at radius 3 is 2.45 bits per heavy atom. The Balaban J connectivity index is 2.19. The Labute approximate surface area is 170 Å². The van der Waals surface area contributed by atoms with Crippen LogP contribution in [0.3, 0.4) is 0 Å². The lowest BCUT2D eigenvalue weighted by Crippen LogP contribution is -2.27. The van der Waals surface area contributed by atoms with Gasteiger partial charge in [0.1, 0.15) is 0 Å². The van der Waals surface area contributed by atoms with Crippen molar-refractivity contribution in [2.75, 3.05) is 39.7 Å². The molecule has 2 aromatic carbocycles. The molecule has 0 unspecified atom stereocenters. The van der Waals surface area contributed by atoms with Crippen LogP contribution < -0.4 is 10.6 Å². The van der Waals surface area contributed by atoms with Crippen LogP contribution in [0.2, 0.25) is 0 Å². The number of nitrogens with one attached hydrogen (secondary N) is 2. The molecule has 0 aromatic heterocycles. The van der Waals surface area contributed by atoms with Gasteiger partial charge in [-0.2, -0.15) is 0 Å². The molecule has 9 heteroatoms. The first kappa shape index (κ1) is 22.5. The Morgan fingerprint density at radius 2 is 1.76 bits per heavy atom. The fourth-order valence-corrected chi connectivity index (χ4v) is 3.45.